The number of aryl methyl sites for hydroxylation is 1. The second-order valence-electron chi connectivity index (χ2n) is 8.82. The van der Waals surface area contributed by atoms with Crippen LogP contribution >= 0.6 is 11.8 Å². The Morgan fingerprint density at radius 3 is 2.53 bits per heavy atom. The summed E-state index contributed by atoms with van der Waals surface area (Å²) in [5.41, 5.74) is 13.8. The lowest BCUT2D eigenvalue weighted by atomic mass is 10.0. The summed E-state index contributed by atoms with van der Waals surface area (Å²) in [6, 6.07) is 7.83. The minimum atomic E-state index is -0.0906. The summed E-state index contributed by atoms with van der Waals surface area (Å²) < 4.78 is 5.16. The van der Waals surface area contributed by atoms with Crippen LogP contribution in [0.3, 0.4) is 0 Å². The maximum Gasteiger partial charge on any atom is 0.308 e. The number of nitrogens with two attached hydrogens (primary N) is 2. The Morgan fingerprint density at radius 2 is 1.92 bits per heavy atom. The standard InChI is InChI=1S/C17H27N3O3S.C9H13N3/c1-4-23-16(22)14-6-5-8-20(9-7-14)11-15-12(2)10-18-17(24-15)19-13(3)21;1-2-7-3-5-8(6-4-7)12-9(10)11/h14H,4-11H2,1-3H3,(H,18,19,21);3-6H,2H2,1H3,(H4,10,11,12). The van der Waals surface area contributed by atoms with Crippen LogP contribution in [0, 0.1) is 5.92 Å². The highest BCUT2D eigenvalue weighted by Crippen LogP contribution is 2.28. The van der Waals surface area contributed by atoms with Gasteiger partial charge in [0, 0.05) is 18.4 Å². The number of aliphatic imine (C=N–C) groups is 2. The van der Waals surface area contributed by atoms with Crippen LogP contribution in [-0.2, 0) is 20.7 Å². The number of thioether (sulfide) groups is 1. The zero-order valence-corrected chi connectivity index (χ0v) is 22.7. The van der Waals surface area contributed by atoms with Gasteiger partial charge in [0.15, 0.2) is 11.1 Å². The lowest BCUT2D eigenvalue weighted by molar-refractivity contribution is -0.148. The number of guanidine groups is 1. The van der Waals surface area contributed by atoms with Crippen molar-refractivity contribution in [3.8, 4) is 0 Å². The summed E-state index contributed by atoms with van der Waals surface area (Å²) in [4.78, 5) is 35.1. The quantitative estimate of drug-likeness (QED) is 0.300. The van der Waals surface area contributed by atoms with E-state index in [1.165, 1.54) is 23.0 Å². The third-order valence-electron chi connectivity index (χ3n) is 5.85. The first kappa shape index (κ1) is 29.4. The zero-order valence-electron chi connectivity index (χ0n) is 21.9. The number of likely N-dealkylation sites (tertiary alicyclic amines) is 1. The molecule has 2 aliphatic rings. The highest BCUT2D eigenvalue weighted by Gasteiger charge is 2.25. The van der Waals surface area contributed by atoms with Gasteiger partial charge in [-0.2, -0.15) is 0 Å². The molecule has 10 heteroatoms. The molecule has 1 aromatic carbocycles. The van der Waals surface area contributed by atoms with Gasteiger partial charge < -0.3 is 21.5 Å². The van der Waals surface area contributed by atoms with E-state index in [9.17, 15) is 9.59 Å². The molecule has 0 aromatic heterocycles. The summed E-state index contributed by atoms with van der Waals surface area (Å²) in [6.07, 6.45) is 3.79. The molecule has 36 heavy (non-hydrogen) atoms. The Hall–Kier alpha value is -2.85. The molecule has 1 unspecified atom stereocenters. The van der Waals surface area contributed by atoms with Crippen molar-refractivity contribution in [2.45, 2.75) is 53.4 Å². The van der Waals surface area contributed by atoms with Crippen LogP contribution in [0.2, 0.25) is 0 Å². The first-order chi connectivity index (χ1) is 17.2. The van der Waals surface area contributed by atoms with Gasteiger partial charge in [-0.1, -0.05) is 30.8 Å². The Balaban J connectivity index is 0.000000319. The predicted molar refractivity (Wildman–Crippen MR) is 148 cm³/mol. The van der Waals surface area contributed by atoms with E-state index in [1.54, 1.807) is 11.8 Å². The largest absolute Gasteiger partial charge is 0.466 e. The van der Waals surface area contributed by atoms with Gasteiger partial charge in [-0.15, -0.1) is 0 Å². The third-order valence-corrected chi connectivity index (χ3v) is 7.00. The number of nitrogens with one attached hydrogen (secondary N) is 1. The van der Waals surface area contributed by atoms with Gasteiger partial charge in [0.25, 0.3) is 0 Å². The number of amidine groups is 1. The second kappa shape index (κ2) is 15.3. The van der Waals surface area contributed by atoms with E-state index in [-0.39, 0.29) is 23.8 Å². The van der Waals surface area contributed by atoms with E-state index in [4.69, 9.17) is 16.2 Å². The number of hydrogen-bond acceptors (Lipinski definition) is 7. The number of esters is 1. The van der Waals surface area contributed by atoms with Gasteiger partial charge in [0.05, 0.1) is 24.8 Å². The summed E-state index contributed by atoms with van der Waals surface area (Å²) >= 11 is 1.55. The summed E-state index contributed by atoms with van der Waals surface area (Å²) in [5, 5.41) is 3.46. The van der Waals surface area contributed by atoms with E-state index in [0.29, 0.717) is 18.3 Å². The molecule has 0 radical (unpaired) electrons. The average Bonchev–Trinajstić information content (AvgIpc) is 3.07. The lowest BCUT2D eigenvalue weighted by Gasteiger charge is -2.25. The van der Waals surface area contributed by atoms with Crippen molar-refractivity contribution in [2.75, 3.05) is 32.8 Å². The average molecular weight is 517 g/mol. The molecule has 1 aromatic rings. The van der Waals surface area contributed by atoms with Crippen molar-refractivity contribution < 1.29 is 14.3 Å². The normalized spacial score (nSPS) is 18.2. The van der Waals surface area contributed by atoms with Crippen molar-refractivity contribution in [3.05, 3.63) is 40.3 Å². The number of benzene rings is 1. The molecule has 1 fully saturated rings. The summed E-state index contributed by atoms with van der Waals surface area (Å²) in [7, 11) is 0. The number of amides is 1. The zero-order chi connectivity index (χ0) is 26.5. The van der Waals surface area contributed by atoms with Crippen LogP contribution in [0.25, 0.3) is 0 Å². The van der Waals surface area contributed by atoms with Crippen molar-refractivity contribution in [2.24, 2.45) is 27.4 Å². The van der Waals surface area contributed by atoms with E-state index in [2.05, 4.69) is 34.0 Å². The molecule has 1 saturated heterocycles. The van der Waals surface area contributed by atoms with Crippen molar-refractivity contribution >= 4 is 40.5 Å². The number of carbonyl (C=O) groups excluding carboxylic acids is 2. The van der Waals surface area contributed by atoms with Crippen LogP contribution in [0.5, 0.6) is 0 Å². The number of nitrogens with zero attached hydrogens (tertiary/aromatic N) is 3. The van der Waals surface area contributed by atoms with E-state index < -0.39 is 0 Å². The minimum absolute atomic E-state index is 0.0283. The van der Waals surface area contributed by atoms with Crippen molar-refractivity contribution in [1.82, 2.24) is 10.2 Å². The molecule has 0 aliphatic carbocycles. The lowest BCUT2D eigenvalue weighted by Crippen LogP contribution is -2.31. The molecule has 0 bridgehead atoms. The van der Waals surface area contributed by atoms with Crippen LogP contribution in [-0.4, -0.2) is 60.7 Å². The molecule has 0 saturated carbocycles. The van der Waals surface area contributed by atoms with Crippen molar-refractivity contribution in [1.29, 1.82) is 0 Å². The van der Waals surface area contributed by atoms with E-state index in [0.717, 1.165) is 51.0 Å². The third kappa shape index (κ3) is 10.4. The van der Waals surface area contributed by atoms with Gasteiger partial charge in [-0.25, -0.2) is 4.99 Å². The monoisotopic (exact) mass is 516 g/mol. The predicted octanol–water partition coefficient (Wildman–Crippen LogP) is 3.32. The molecular formula is C26H40N6O3S. The first-order valence-corrected chi connectivity index (χ1v) is 13.3. The maximum atomic E-state index is 11.9. The van der Waals surface area contributed by atoms with Crippen molar-refractivity contribution in [3.63, 3.8) is 0 Å². The van der Waals surface area contributed by atoms with Crippen LogP contribution in [0.4, 0.5) is 5.69 Å². The number of ether oxygens (including phenoxy) is 1. The highest BCUT2D eigenvalue weighted by atomic mass is 32.2. The molecular weight excluding hydrogens is 476 g/mol. The fourth-order valence-corrected chi connectivity index (χ4v) is 4.91. The molecule has 5 N–H and O–H groups in total. The van der Waals surface area contributed by atoms with Crippen LogP contribution < -0.4 is 16.8 Å². The van der Waals surface area contributed by atoms with Crippen LogP contribution in [0.15, 0.2) is 44.7 Å². The summed E-state index contributed by atoms with van der Waals surface area (Å²) in [6.45, 7) is 11.4. The Morgan fingerprint density at radius 1 is 1.19 bits per heavy atom. The highest BCUT2D eigenvalue weighted by molar-refractivity contribution is 8.17. The molecule has 2 aliphatic heterocycles. The molecule has 2 heterocycles. The number of rotatable bonds is 6. The Labute approximate surface area is 218 Å². The Bertz CT molecular complexity index is 970. The van der Waals surface area contributed by atoms with Gasteiger partial charge >= 0.3 is 5.97 Å². The number of carbonyl (C=O) groups is 2. The van der Waals surface area contributed by atoms with Gasteiger partial charge in [-0.3, -0.25) is 19.5 Å². The fourth-order valence-electron chi connectivity index (χ4n) is 3.87. The molecule has 9 nitrogen and oxygen atoms in total. The topological polar surface area (TPSA) is 135 Å². The van der Waals surface area contributed by atoms with E-state index in [1.807, 2.05) is 31.2 Å². The molecule has 198 valence electrons. The maximum absolute atomic E-state index is 11.9. The van der Waals surface area contributed by atoms with Gasteiger partial charge in [0.1, 0.15) is 0 Å². The molecule has 3 rings (SSSR count). The first-order valence-electron chi connectivity index (χ1n) is 12.5. The molecule has 0 spiro atoms. The van der Waals surface area contributed by atoms with Crippen LogP contribution in [0.1, 0.15) is 52.5 Å². The second-order valence-corrected chi connectivity index (χ2v) is 9.90. The van der Waals surface area contributed by atoms with Gasteiger partial charge in [-0.05, 0) is 75.9 Å². The van der Waals surface area contributed by atoms with Gasteiger partial charge in [0.2, 0.25) is 5.91 Å². The SMILES string of the molecule is CCOC(=O)C1CCCN(CC2=C(C)CN=C(NC(C)=O)S2)CC1.CCc1ccc(N=C(N)N)cc1. The Kier molecular flexibility index (Phi) is 12.5. The molecule has 1 atom stereocenters. The number of hydrogen-bond donors (Lipinski definition) is 3. The minimum Gasteiger partial charge on any atom is -0.466 e. The van der Waals surface area contributed by atoms with E-state index >= 15 is 0 Å². The fraction of sp³-hybridized carbons (Fsp3) is 0.538. The summed E-state index contributed by atoms with van der Waals surface area (Å²) in [5.74, 6) is -0.0196. The molecule has 1 amide bonds. The smallest absolute Gasteiger partial charge is 0.308 e.